The van der Waals surface area contributed by atoms with Crippen LogP contribution in [0.1, 0.15) is 12.5 Å². The van der Waals surface area contributed by atoms with Crippen molar-refractivity contribution in [2.45, 2.75) is 23.6 Å². The fourth-order valence-electron chi connectivity index (χ4n) is 1.96. The van der Waals surface area contributed by atoms with Crippen molar-refractivity contribution in [3.63, 3.8) is 0 Å². The molecule has 0 saturated heterocycles. The van der Waals surface area contributed by atoms with E-state index in [0.717, 1.165) is 0 Å². The lowest BCUT2D eigenvalue weighted by atomic mass is 10.2. The van der Waals surface area contributed by atoms with Gasteiger partial charge in [-0.05, 0) is 50.3 Å². The second-order valence-electron chi connectivity index (χ2n) is 4.33. The fraction of sp³-hybridized carbons (Fsp3) is 0.111. The van der Waals surface area contributed by atoms with Gasteiger partial charge in [-0.2, -0.15) is 0 Å². The molecule has 96 valence electrons. The molecule has 2 aromatic carbocycles. The van der Waals surface area contributed by atoms with E-state index < -0.39 is 0 Å². The standard InChI is InChI=1S/C18H19S/c1-4-16(5-2)19(17-9-7-6-8-10-17)18-13-11-15(3)12-14-18/h4-14H,1H2,2-3H3/q+1/b16-5+. The molecule has 1 unspecified atom stereocenters. The van der Waals surface area contributed by atoms with Gasteiger partial charge in [-0.25, -0.2) is 0 Å². The van der Waals surface area contributed by atoms with Gasteiger partial charge in [-0.1, -0.05) is 42.5 Å². The maximum atomic E-state index is 3.96. The summed E-state index contributed by atoms with van der Waals surface area (Å²) in [6.07, 6.45) is 4.12. The molecule has 1 atom stereocenters. The summed E-state index contributed by atoms with van der Waals surface area (Å²) in [6.45, 7) is 8.16. The number of aryl methyl sites for hydroxylation is 1. The quantitative estimate of drug-likeness (QED) is 0.532. The summed E-state index contributed by atoms with van der Waals surface area (Å²) in [6, 6.07) is 19.4. The van der Waals surface area contributed by atoms with Crippen LogP contribution in [0.5, 0.6) is 0 Å². The van der Waals surface area contributed by atoms with Gasteiger partial charge in [0.2, 0.25) is 0 Å². The molecule has 0 fully saturated rings. The lowest BCUT2D eigenvalue weighted by molar-refractivity contribution is 1.34. The average molecular weight is 267 g/mol. The van der Waals surface area contributed by atoms with Gasteiger partial charge in [0.05, 0.1) is 10.9 Å². The Morgan fingerprint density at radius 1 is 0.947 bits per heavy atom. The normalized spacial score (nSPS) is 13.1. The zero-order chi connectivity index (χ0) is 13.7. The molecule has 0 amide bonds. The monoisotopic (exact) mass is 267 g/mol. The summed E-state index contributed by atoms with van der Waals surface area (Å²) in [4.78, 5) is 3.94. The smallest absolute Gasteiger partial charge is 0.0941 e. The largest absolute Gasteiger partial charge is 0.166 e. The van der Waals surface area contributed by atoms with E-state index in [-0.39, 0.29) is 10.9 Å². The molecule has 0 aromatic heterocycles. The summed E-state index contributed by atoms with van der Waals surface area (Å²) in [5, 5.41) is 0. The van der Waals surface area contributed by atoms with Crippen LogP contribution in [0.25, 0.3) is 0 Å². The van der Waals surface area contributed by atoms with Crippen LogP contribution >= 0.6 is 0 Å². The number of hydrogen-bond acceptors (Lipinski definition) is 0. The topological polar surface area (TPSA) is 0 Å². The summed E-state index contributed by atoms with van der Waals surface area (Å²) in [5.74, 6) is 0. The van der Waals surface area contributed by atoms with Gasteiger partial charge in [0.15, 0.2) is 14.7 Å². The average Bonchev–Trinajstić information content (AvgIpc) is 2.47. The Bertz CT molecular complexity index is 564. The molecule has 0 aliphatic rings. The third kappa shape index (κ3) is 3.18. The molecule has 0 nitrogen and oxygen atoms in total. The van der Waals surface area contributed by atoms with Crippen molar-refractivity contribution in [1.82, 2.24) is 0 Å². The Morgan fingerprint density at radius 3 is 2.05 bits per heavy atom. The summed E-state index contributed by atoms with van der Waals surface area (Å²) < 4.78 is 0. The van der Waals surface area contributed by atoms with Crippen LogP contribution in [0, 0.1) is 6.92 Å². The van der Waals surface area contributed by atoms with E-state index in [9.17, 15) is 0 Å². The van der Waals surface area contributed by atoms with E-state index in [1.807, 2.05) is 6.08 Å². The molecule has 1 heteroatoms. The molecule has 19 heavy (non-hydrogen) atoms. The molecule has 0 saturated carbocycles. The number of hydrogen-bond donors (Lipinski definition) is 0. The first-order valence-corrected chi connectivity index (χ1v) is 7.63. The predicted octanol–water partition coefficient (Wildman–Crippen LogP) is 5.12. The summed E-state index contributed by atoms with van der Waals surface area (Å²) >= 11 is 0. The highest BCUT2D eigenvalue weighted by Crippen LogP contribution is 2.30. The Labute approximate surface area is 118 Å². The van der Waals surface area contributed by atoms with Gasteiger partial charge in [0.1, 0.15) is 0 Å². The molecule has 0 heterocycles. The zero-order valence-electron chi connectivity index (χ0n) is 11.5. The maximum absolute atomic E-state index is 3.96. The van der Waals surface area contributed by atoms with Crippen LogP contribution in [0.2, 0.25) is 0 Å². The Balaban J connectivity index is 2.52. The number of allylic oxidation sites excluding steroid dienone is 2. The van der Waals surface area contributed by atoms with Gasteiger partial charge in [-0.3, -0.25) is 0 Å². The van der Waals surface area contributed by atoms with Gasteiger partial charge in [-0.15, -0.1) is 0 Å². The van der Waals surface area contributed by atoms with Gasteiger partial charge in [0, 0.05) is 0 Å². The maximum Gasteiger partial charge on any atom is 0.166 e. The molecule has 2 rings (SSSR count). The Morgan fingerprint density at radius 2 is 1.53 bits per heavy atom. The molecule has 0 aliphatic carbocycles. The molecule has 2 aromatic rings. The SMILES string of the molecule is C=C/C(=C\C)[S+](c1ccccc1)c1ccc(C)cc1. The van der Waals surface area contributed by atoms with Crippen molar-refractivity contribution in [1.29, 1.82) is 0 Å². The predicted molar refractivity (Wildman–Crippen MR) is 85.5 cm³/mol. The van der Waals surface area contributed by atoms with E-state index >= 15 is 0 Å². The van der Waals surface area contributed by atoms with Crippen LogP contribution in [0.4, 0.5) is 0 Å². The molecule has 0 bridgehead atoms. The van der Waals surface area contributed by atoms with Gasteiger partial charge >= 0.3 is 0 Å². The summed E-state index contributed by atoms with van der Waals surface area (Å²) in [5.41, 5.74) is 1.29. The van der Waals surface area contributed by atoms with Crippen molar-refractivity contribution in [2.24, 2.45) is 0 Å². The number of benzene rings is 2. The van der Waals surface area contributed by atoms with E-state index in [1.54, 1.807) is 0 Å². The van der Waals surface area contributed by atoms with Crippen LogP contribution < -0.4 is 0 Å². The second-order valence-corrected chi connectivity index (χ2v) is 6.35. The minimum atomic E-state index is -0.0543. The van der Waals surface area contributed by atoms with Crippen molar-refractivity contribution in [3.8, 4) is 0 Å². The first-order valence-electron chi connectivity index (χ1n) is 6.41. The first-order chi connectivity index (χ1) is 9.26. The summed E-state index contributed by atoms with van der Waals surface area (Å²) in [7, 11) is -0.0543. The third-order valence-corrected chi connectivity index (χ3v) is 5.32. The van der Waals surface area contributed by atoms with Gasteiger partial charge in [0.25, 0.3) is 0 Å². The van der Waals surface area contributed by atoms with E-state index in [4.69, 9.17) is 0 Å². The van der Waals surface area contributed by atoms with Gasteiger partial charge < -0.3 is 0 Å². The van der Waals surface area contributed by atoms with Crippen molar-refractivity contribution in [2.75, 3.05) is 0 Å². The number of rotatable bonds is 4. The minimum absolute atomic E-state index is 0.0543. The third-order valence-electron chi connectivity index (χ3n) is 2.96. The zero-order valence-corrected chi connectivity index (χ0v) is 12.3. The van der Waals surface area contributed by atoms with Crippen molar-refractivity contribution >= 4 is 10.9 Å². The molecule has 0 aliphatic heterocycles. The highest BCUT2D eigenvalue weighted by molar-refractivity contribution is 8.00. The van der Waals surface area contributed by atoms with Crippen LogP contribution in [-0.4, -0.2) is 0 Å². The van der Waals surface area contributed by atoms with E-state index in [1.165, 1.54) is 20.3 Å². The lowest BCUT2D eigenvalue weighted by Gasteiger charge is -2.08. The van der Waals surface area contributed by atoms with E-state index in [0.29, 0.717) is 0 Å². The van der Waals surface area contributed by atoms with E-state index in [2.05, 4.69) is 81.1 Å². The highest BCUT2D eigenvalue weighted by atomic mass is 32.2. The molecular formula is C18H19S+. The highest BCUT2D eigenvalue weighted by Gasteiger charge is 2.28. The minimum Gasteiger partial charge on any atom is -0.0941 e. The van der Waals surface area contributed by atoms with Crippen molar-refractivity contribution in [3.05, 3.63) is 83.8 Å². The first kappa shape index (κ1) is 13.7. The molecule has 0 radical (unpaired) electrons. The Kier molecular flexibility index (Phi) is 4.64. The second kappa shape index (κ2) is 6.44. The van der Waals surface area contributed by atoms with Crippen LogP contribution in [0.3, 0.4) is 0 Å². The molecule has 0 spiro atoms. The molecule has 0 N–H and O–H groups in total. The Hall–Kier alpha value is -1.73. The van der Waals surface area contributed by atoms with Crippen LogP contribution in [-0.2, 0) is 10.9 Å². The molecular weight excluding hydrogens is 248 g/mol. The van der Waals surface area contributed by atoms with Crippen LogP contribution in [0.15, 0.2) is 88.0 Å². The van der Waals surface area contributed by atoms with Crippen molar-refractivity contribution < 1.29 is 0 Å². The fourth-order valence-corrected chi connectivity index (χ4v) is 4.01. The lowest BCUT2D eigenvalue weighted by Crippen LogP contribution is -2.05.